The van der Waals surface area contributed by atoms with Crippen molar-refractivity contribution in [2.45, 2.75) is 45.6 Å². The number of quaternary nitrogens is 1. The van der Waals surface area contributed by atoms with Gasteiger partial charge in [-0.25, -0.2) is 0 Å². The van der Waals surface area contributed by atoms with E-state index in [2.05, 4.69) is 35.0 Å². The first-order valence-electron chi connectivity index (χ1n) is 4.83. The minimum atomic E-state index is 0.866. The third kappa shape index (κ3) is 4.41. The van der Waals surface area contributed by atoms with Gasteiger partial charge in [-0.2, -0.15) is 0 Å². The first-order valence-corrected chi connectivity index (χ1v) is 4.83. The standard InChI is InChI=1S/C10H24N/c1-6-8-10(9-7-2)11(3,4)5/h10H,6-9H2,1-5H3/q+1. The van der Waals surface area contributed by atoms with Crippen LogP contribution in [0.3, 0.4) is 0 Å². The predicted octanol–water partition coefficient (Wildman–Crippen LogP) is 2.66. The van der Waals surface area contributed by atoms with Gasteiger partial charge < -0.3 is 4.48 Å². The molecule has 0 aromatic heterocycles. The van der Waals surface area contributed by atoms with Crippen LogP contribution in [0.1, 0.15) is 39.5 Å². The van der Waals surface area contributed by atoms with Gasteiger partial charge in [-0.3, -0.25) is 0 Å². The predicted molar refractivity (Wildman–Crippen MR) is 51.6 cm³/mol. The maximum Gasteiger partial charge on any atom is 0.0883 e. The Morgan fingerprint density at radius 3 is 1.45 bits per heavy atom. The molecule has 0 spiro atoms. The third-order valence-electron chi connectivity index (χ3n) is 2.34. The van der Waals surface area contributed by atoms with Gasteiger partial charge in [0, 0.05) is 0 Å². The molecule has 0 unspecified atom stereocenters. The lowest BCUT2D eigenvalue weighted by molar-refractivity contribution is -0.896. The smallest absolute Gasteiger partial charge is 0.0883 e. The minimum Gasteiger partial charge on any atom is -0.328 e. The Kier molecular flexibility index (Phi) is 4.74. The summed E-state index contributed by atoms with van der Waals surface area (Å²) < 4.78 is 1.13. The van der Waals surface area contributed by atoms with Crippen LogP contribution in [-0.4, -0.2) is 31.7 Å². The summed E-state index contributed by atoms with van der Waals surface area (Å²) in [6.07, 6.45) is 5.38. The highest BCUT2D eigenvalue weighted by Crippen LogP contribution is 2.14. The number of rotatable bonds is 5. The Hall–Kier alpha value is -0.0400. The van der Waals surface area contributed by atoms with Gasteiger partial charge in [-0.1, -0.05) is 26.7 Å². The summed E-state index contributed by atoms with van der Waals surface area (Å²) >= 11 is 0. The van der Waals surface area contributed by atoms with E-state index in [1.807, 2.05) is 0 Å². The zero-order valence-electron chi connectivity index (χ0n) is 8.85. The molecule has 0 rings (SSSR count). The lowest BCUT2D eigenvalue weighted by Gasteiger charge is -2.34. The molecular formula is C10H24N+. The van der Waals surface area contributed by atoms with E-state index in [9.17, 15) is 0 Å². The van der Waals surface area contributed by atoms with Crippen LogP contribution >= 0.6 is 0 Å². The summed E-state index contributed by atoms with van der Waals surface area (Å²) in [5.41, 5.74) is 0. The second-order valence-corrected chi connectivity index (χ2v) is 4.35. The highest BCUT2D eigenvalue weighted by molar-refractivity contribution is 4.55. The molecule has 0 saturated heterocycles. The van der Waals surface area contributed by atoms with Gasteiger partial charge in [-0.15, -0.1) is 0 Å². The van der Waals surface area contributed by atoms with Gasteiger partial charge in [-0.05, 0) is 12.8 Å². The van der Waals surface area contributed by atoms with E-state index in [1.54, 1.807) is 0 Å². The van der Waals surface area contributed by atoms with E-state index >= 15 is 0 Å². The van der Waals surface area contributed by atoms with Gasteiger partial charge in [0.05, 0.1) is 27.2 Å². The average molecular weight is 158 g/mol. The summed E-state index contributed by atoms with van der Waals surface area (Å²) in [6.45, 7) is 4.55. The number of hydrogen-bond donors (Lipinski definition) is 0. The van der Waals surface area contributed by atoms with E-state index < -0.39 is 0 Å². The van der Waals surface area contributed by atoms with Crippen molar-refractivity contribution in [1.82, 2.24) is 0 Å². The summed E-state index contributed by atoms with van der Waals surface area (Å²) in [4.78, 5) is 0. The molecule has 0 aliphatic rings. The van der Waals surface area contributed by atoms with Crippen molar-refractivity contribution in [3.8, 4) is 0 Å². The zero-order valence-corrected chi connectivity index (χ0v) is 8.85. The lowest BCUT2D eigenvalue weighted by atomic mass is 10.0. The largest absolute Gasteiger partial charge is 0.328 e. The van der Waals surface area contributed by atoms with Gasteiger partial charge in [0.1, 0.15) is 0 Å². The van der Waals surface area contributed by atoms with Gasteiger partial charge in [0.15, 0.2) is 0 Å². The Balaban J connectivity index is 3.88. The fourth-order valence-corrected chi connectivity index (χ4v) is 1.59. The fraction of sp³-hybridized carbons (Fsp3) is 1.00. The Morgan fingerprint density at radius 1 is 0.909 bits per heavy atom. The third-order valence-corrected chi connectivity index (χ3v) is 2.34. The number of hydrogen-bond acceptors (Lipinski definition) is 0. The van der Waals surface area contributed by atoms with E-state index in [0.29, 0.717) is 0 Å². The molecule has 0 aliphatic carbocycles. The highest BCUT2D eigenvalue weighted by Gasteiger charge is 2.20. The average Bonchev–Trinajstić information content (AvgIpc) is 1.85. The molecule has 0 N–H and O–H groups in total. The van der Waals surface area contributed by atoms with Crippen molar-refractivity contribution >= 4 is 0 Å². The molecular weight excluding hydrogens is 134 g/mol. The Labute approximate surface area is 72.0 Å². The molecule has 0 heterocycles. The maximum atomic E-state index is 2.30. The van der Waals surface area contributed by atoms with Crippen LogP contribution < -0.4 is 0 Å². The Morgan fingerprint density at radius 2 is 1.27 bits per heavy atom. The first kappa shape index (κ1) is 11.0. The summed E-state index contributed by atoms with van der Waals surface area (Å²) in [7, 11) is 6.90. The molecule has 1 nitrogen and oxygen atoms in total. The normalized spacial score (nSPS) is 12.5. The van der Waals surface area contributed by atoms with Crippen LogP contribution in [0, 0.1) is 0 Å². The minimum absolute atomic E-state index is 0.866. The van der Waals surface area contributed by atoms with Crippen LogP contribution in [-0.2, 0) is 0 Å². The van der Waals surface area contributed by atoms with E-state index in [0.717, 1.165) is 10.5 Å². The summed E-state index contributed by atoms with van der Waals surface area (Å²) in [5.74, 6) is 0. The molecule has 0 radical (unpaired) electrons. The molecule has 0 aliphatic heterocycles. The van der Waals surface area contributed by atoms with Crippen molar-refractivity contribution in [1.29, 1.82) is 0 Å². The molecule has 0 aromatic rings. The van der Waals surface area contributed by atoms with Gasteiger partial charge >= 0.3 is 0 Å². The van der Waals surface area contributed by atoms with Crippen LogP contribution in [0.2, 0.25) is 0 Å². The van der Waals surface area contributed by atoms with Crippen molar-refractivity contribution in [2.75, 3.05) is 21.1 Å². The molecule has 68 valence electrons. The Bertz CT molecular complexity index is 85.5. The molecule has 11 heavy (non-hydrogen) atoms. The van der Waals surface area contributed by atoms with Crippen molar-refractivity contribution in [3.05, 3.63) is 0 Å². The van der Waals surface area contributed by atoms with E-state index in [1.165, 1.54) is 25.7 Å². The zero-order chi connectivity index (χ0) is 8.91. The van der Waals surface area contributed by atoms with Crippen molar-refractivity contribution < 1.29 is 4.48 Å². The maximum absolute atomic E-state index is 2.30. The highest BCUT2D eigenvalue weighted by atomic mass is 15.3. The molecule has 1 heteroatoms. The second kappa shape index (κ2) is 4.76. The monoisotopic (exact) mass is 158 g/mol. The van der Waals surface area contributed by atoms with E-state index in [-0.39, 0.29) is 0 Å². The van der Waals surface area contributed by atoms with Crippen LogP contribution in [0.25, 0.3) is 0 Å². The second-order valence-electron chi connectivity index (χ2n) is 4.35. The van der Waals surface area contributed by atoms with Crippen LogP contribution in [0.15, 0.2) is 0 Å². The SMILES string of the molecule is CCCC(CCC)[N+](C)(C)C. The molecule has 0 fully saturated rings. The molecule has 0 atom stereocenters. The fourth-order valence-electron chi connectivity index (χ4n) is 1.59. The van der Waals surface area contributed by atoms with Gasteiger partial charge in [0.2, 0.25) is 0 Å². The molecule has 0 saturated carbocycles. The van der Waals surface area contributed by atoms with Gasteiger partial charge in [0.25, 0.3) is 0 Å². The van der Waals surface area contributed by atoms with Crippen LogP contribution in [0.4, 0.5) is 0 Å². The summed E-state index contributed by atoms with van der Waals surface area (Å²) in [6, 6.07) is 0.866. The molecule has 0 bridgehead atoms. The first-order chi connectivity index (χ1) is 5.02. The van der Waals surface area contributed by atoms with Crippen molar-refractivity contribution in [3.63, 3.8) is 0 Å². The lowest BCUT2D eigenvalue weighted by Crippen LogP contribution is -2.44. The molecule has 0 aromatic carbocycles. The quantitative estimate of drug-likeness (QED) is 0.540. The molecule has 0 amide bonds. The summed E-state index contributed by atoms with van der Waals surface area (Å²) in [5, 5.41) is 0. The topological polar surface area (TPSA) is 0 Å². The van der Waals surface area contributed by atoms with Crippen LogP contribution in [0.5, 0.6) is 0 Å². The van der Waals surface area contributed by atoms with Crippen molar-refractivity contribution in [2.24, 2.45) is 0 Å². The van der Waals surface area contributed by atoms with E-state index in [4.69, 9.17) is 0 Å². The number of nitrogens with zero attached hydrogens (tertiary/aromatic N) is 1.